The number of aromatic nitrogens is 2. The van der Waals surface area contributed by atoms with E-state index in [0.717, 1.165) is 0 Å². The van der Waals surface area contributed by atoms with Gasteiger partial charge in [-0.25, -0.2) is 4.79 Å². The number of carboxylic acid groups (broad SMARTS) is 1. The summed E-state index contributed by atoms with van der Waals surface area (Å²) in [5.74, 6) is -0.410. The normalized spacial score (nSPS) is 10.5. The fourth-order valence-electron chi connectivity index (χ4n) is 1.50. The van der Waals surface area contributed by atoms with E-state index in [1.54, 1.807) is 0 Å². The maximum atomic E-state index is 11.9. The van der Waals surface area contributed by atoms with Crippen molar-refractivity contribution in [1.82, 2.24) is 20.4 Å². The van der Waals surface area contributed by atoms with E-state index in [0.29, 0.717) is 18.8 Å². The van der Waals surface area contributed by atoms with Crippen molar-refractivity contribution >= 4 is 12.0 Å². The van der Waals surface area contributed by atoms with Crippen molar-refractivity contribution in [2.24, 2.45) is 0 Å². The van der Waals surface area contributed by atoms with E-state index < -0.39 is 5.97 Å². The molecule has 2 amide bonds. The molecule has 0 aliphatic heterocycles. The molecule has 8 nitrogen and oxygen atoms in total. The van der Waals surface area contributed by atoms with E-state index in [-0.39, 0.29) is 25.0 Å². The van der Waals surface area contributed by atoms with Crippen LogP contribution in [0.1, 0.15) is 26.1 Å². The molecule has 1 aromatic rings. The van der Waals surface area contributed by atoms with E-state index in [4.69, 9.17) is 5.11 Å². The van der Waals surface area contributed by atoms with E-state index in [1.807, 2.05) is 13.8 Å². The molecule has 1 rings (SSSR count). The Morgan fingerprint density at radius 1 is 1.53 bits per heavy atom. The molecule has 0 bridgehead atoms. The second kappa shape index (κ2) is 7.34. The Labute approximate surface area is 110 Å². The SMILES string of the molecule is CC(C)N(CCC(=O)O)C(=O)NCCc1ncon1. The zero-order chi connectivity index (χ0) is 14.3. The molecule has 106 valence electrons. The summed E-state index contributed by atoms with van der Waals surface area (Å²) < 4.78 is 4.57. The number of amides is 2. The monoisotopic (exact) mass is 270 g/mol. The molecular weight excluding hydrogens is 252 g/mol. The Bertz CT molecular complexity index is 405. The minimum atomic E-state index is -0.926. The molecule has 19 heavy (non-hydrogen) atoms. The van der Waals surface area contributed by atoms with Gasteiger partial charge in [-0.05, 0) is 13.8 Å². The molecule has 1 heterocycles. The Morgan fingerprint density at radius 2 is 2.26 bits per heavy atom. The Balaban J connectivity index is 2.36. The zero-order valence-electron chi connectivity index (χ0n) is 11.0. The van der Waals surface area contributed by atoms with Crippen molar-refractivity contribution in [3.05, 3.63) is 12.2 Å². The Hall–Kier alpha value is -2.12. The molecule has 0 unspecified atom stereocenters. The second-order valence-electron chi connectivity index (χ2n) is 4.26. The number of hydrogen-bond acceptors (Lipinski definition) is 5. The summed E-state index contributed by atoms with van der Waals surface area (Å²) in [4.78, 5) is 27.7. The molecule has 1 aromatic heterocycles. The highest BCUT2D eigenvalue weighted by Gasteiger charge is 2.17. The predicted octanol–water partition coefficient (Wildman–Crippen LogP) is 0.507. The van der Waals surface area contributed by atoms with E-state index >= 15 is 0 Å². The summed E-state index contributed by atoms with van der Waals surface area (Å²) >= 11 is 0. The van der Waals surface area contributed by atoms with Gasteiger partial charge in [0.15, 0.2) is 5.82 Å². The number of hydrogen-bond donors (Lipinski definition) is 2. The molecule has 8 heteroatoms. The summed E-state index contributed by atoms with van der Waals surface area (Å²) in [5.41, 5.74) is 0. The molecule has 0 atom stereocenters. The van der Waals surface area contributed by atoms with Gasteiger partial charge in [0, 0.05) is 25.6 Å². The number of nitrogens with one attached hydrogen (secondary N) is 1. The number of aliphatic carboxylic acids is 1. The number of nitrogens with zero attached hydrogens (tertiary/aromatic N) is 3. The van der Waals surface area contributed by atoms with Gasteiger partial charge in [0.25, 0.3) is 0 Å². The van der Waals surface area contributed by atoms with Gasteiger partial charge >= 0.3 is 12.0 Å². The van der Waals surface area contributed by atoms with Gasteiger partial charge in [0.2, 0.25) is 6.39 Å². The fourth-order valence-corrected chi connectivity index (χ4v) is 1.50. The molecule has 0 aliphatic carbocycles. The van der Waals surface area contributed by atoms with Crippen molar-refractivity contribution < 1.29 is 19.2 Å². The lowest BCUT2D eigenvalue weighted by Gasteiger charge is -2.26. The number of rotatable bonds is 7. The molecule has 2 N–H and O–H groups in total. The number of carbonyl (C=O) groups excluding carboxylic acids is 1. The maximum Gasteiger partial charge on any atom is 0.317 e. The predicted molar refractivity (Wildman–Crippen MR) is 65.5 cm³/mol. The number of carboxylic acids is 1. The van der Waals surface area contributed by atoms with Gasteiger partial charge in [-0.1, -0.05) is 5.16 Å². The Kier molecular flexibility index (Phi) is 5.77. The van der Waals surface area contributed by atoms with Crippen LogP contribution in [0.25, 0.3) is 0 Å². The van der Waals surface area contributed by atoms with Crippen LogP contribution >= 0.6 is 0 Å². The van der Waals surface area contributed by atoms with Crippen LogP contribution in [0.5, 0.6) is 0 Å². The number of urea groups is 1. The third-order valence-electron chi connectivity index (χ3n) is 2.48. The van der Waals surface area contributed by atoms with Crippen LogP contribution in [0, 0.1) is 0 Å². The van der Waals surface area contributed by atoms with Gasteiger partial charge in [-0.2, -0.15) is 4.98 Å². The van der Waals surface area contributed by atoms with Crippen molar-refractivity contribution in [1.29, 1.82) is 0 Å². The van der Waals surface area contributed by atoms with Gasteiger partial charge in [0.1, 0.15) is 0 Å². The third kappa shape index (κ3) is 5.36. The first kappa shape index (κ1) is 14.9. The lowest BCUT2D eigenvalue weighted by Crippen LogP contribution is -2.45. The summed E-state index contributed by atoms with van der Waals surface area (Å²) in [5, 5.41) is 15.0. The smallest absolute Gasteiger partial charge is 0.317 e. The summed E-state index contributed by atoms with van der Waals surface area (Å²) in [6.45, 7) is 4.22. The van der Waals surface area contributed by atoms with E-state index in [1.165, 1.54) is 11.3 Å². The van der Waals surface area contributed by atoms with Gasteiger partial charge in [-0.3, -0.25) is 4.79 Å². The van der Waals surface area contributed by atoms with Crippen molar-refractivity contribution in [3.8, 4) is 0 Å². The van der Waals surface area contributed by atoms with Crippen molar-refractivity contribution in [2.45, 2.75) is 32.7 Å². The van der Waals surface area contributed by atoms with Crippen LogP contribution in [0.3, 0.4) is 0 Å². The topological polar surface area (TPSA) is 109 Å². The van der Waals surface area contributed by atoms with E-state index in [9.17, 15) is 9.59 Å². The molecule has 0 spiro atoms. The van der Waals surface area contributed by atoms with Crippen LogP contribution < -0.4 is 5.32 Å². The van der Waals surface area contributed by atoms with Crippen LogP contribution in [0.2, 0.25) is 0 Å². The minimum Gasteiger partial charge on any atom is -0.481 e. The average Bonchev–Trinajstić information content (AvgIpc) is 2.81. The Morgan fingerprint density at radius 3 is 2.79 bits per heavy atom. The van der Waals surface area contributed by atoms with Crippen molar-refractivity contribution in [3.63, 3.8) is 0 Å². The minimum absolute atomic E-state index is 0.0653. The second-order valence-corrected chi connectivity index (χ2v) is 4.26. The zero-order valence-corrected chi connectivity index (χ0v) is 11.0. The molecule has 0 radical (unpaired) electrons. The molecule has 0 aromatic carbocycles. The fraction of sp³-hybridized carbons (Fsp3) is 0.636. The highest BCUT2D eigenvalue weighted by molar-refractivity contribution is 5.75. The van der Waals surface area contributed by atoms with Crippen LogP contribution in [-0.2, 0) is 11.2 Å². The molecule has 0 saturated carbocycles. The maximum absolute atomic E-state index is 11.9. The average molecular weight is 270 g/mol. The third-order valence-corrected chi connectivity index (χ3v) is 2.48. The summed E-state index contributed by atoms with van der Waals surface area (Å²) in [6, 6.07) is -0.357. The van der Waals surface area contributed by atoms with Crippen LogP contribution in [0.4, 0.5) is 4.79 Å². The lowest BCUT2D eigenvalue weighted by molar-refractivity contribution is -0.137. The van der Waals surface area contributed by atoms with Crippen molar-refractivity contribution in [2.75, 3.05) is 13.1 Å². The first-order valence-corrected chi connectivity index (χ1v) is 6.02. The first-order chi connectivity index (χ1) is 9.00. The first-order valence-electron chi connectivity index (χ1n) is 6.02. The van der Waals surface area contributed by atoms with Crippen LogP contribution in [-0.4, -0.2) is 51.3 Å². The standard InChI is InChI=1S/C11H18N4O4/c1-8(2)15(6-4-10(16)17)11(18)12-5-3-9-13-7-19-14-9/h7-8H,3-6H2,1-2H3,(H,12,18)(H,16,17). The quantitative estimate of drug-likeness (QED) is 0.747. The van der Waals surface area contributed by atoms with E-state index in [2.05, 4.69) is 20.0 Å². The highest BCUT2D eigenvalue weighted by atomic mass is 16.5. The lowest BCUT2D eigenvalue weighted by atomic mass is 10.3. The molecule has 0 aliphatic rings. The van der Waals surface area contributed by atoms with Gasteiger partial charge in [0.05, 0.1) is 6.42 Å². The largest absolute Gasteiger partial charge is 0.481 e. The number of carbonyl (C=O) groups is 2. The van der Waals surface area contributed by atoms with Gasteiger partial charge in [-0.15, -0.1) is 0 Å². The molecule has 0 fully saturated rings. The summed E-state index contributed by atoms with van der Waals surface area (Å²) in [6.07, 6.45) is 1.62. The molecular formula is C11H18N4O4. The van der Waals surface area contributed by atoms with Gasteiger partial charge < -0.3 is 19.8 Å². The highest BCUT2D eigenvalue weighted by Crippen LogP contribution is 2.01. The summed E-state index contributed by atoms with van der Waals surface area (Å²) in [7, 11) is 0. The van der Waals surface area contributed by atoms with Crippen LogP contribution in [0.15, 0.2) is 10.9 Å². The molecule has 0 saturated heterocycles.